The first-order valence-electron chi connectivity index (χ1n) is 7.76. The molecule has 1 aromatic carbocycles. The zero-order chi connectivity index (χ0) is 15.2. The minimum atomic E-state index is -0.242. The molecule has 21 heavy (non-hydrogen) atoms. The van der Waals surface area contributed by atoms with Crippen molar-refractivity contribution in [3.8, 4) is 5.75 Å². The summed E-state index contributed by atoms with van der Waals surface area (Å²) in [5.41, 5.74) is 0.733. The normalized spacial score (nSPS) is 18.4. The van der Waals surface area contributed by atoms with Gasteiger partial charge in [0.2, 0.25) is 0 Å². The van der Waals surface area contributed by atoms with Crippen molar-refractivity contribution in [2.24, 2.45) is 5.92 Å². The van der Waals surface area contributed by atoms with Crippen LogP contribution in [0.5, 0.6) is 5.75 Å². The molecule has 1 N–H and O–H groups in total. The number of hydrogen-bond acceptors (Lipinski definition) is 4. The molecule has 1 heterocycles. The minimum Gasteiger partial charge on any atom is -0.494 e. The maximum atomic E-state index is 12.3. The highest BCUT2D eigenvalue weighted by atomic mass is 16.5. The maximum Gasteiger partial charge on any atom is 0.176 e. The third kappa shape index (κ3) is 4.55. The van der Waals surface area contributed by atoms with Gasteiger partial charge in [0.25, 0.3) is 0 Å². The zero-order valence-electron chi connectivity index (χ0n) is 12.9. The van der Waals surface area contributed by atoms with E-state index in [4.69, 9.17) is 4.74 Å². The van der Waals surface area contributed by atoms with Crippen LogP contribution in [0.2, 0.25) is 0 Å². The molecule has 2 rings (SSSR count). The van der Waals surface area contributed by atoms with Gasteiger partial charge in [0.05, 0.1) is 19.3 Å². The zero-order valence-corrected chi connectivity index (χ0v) is 12.9. The van der Waals surface area contributed by atoms with Crippen LogP contribution in [-0.2, 0) is 0 Å². The molecule has 1 aromatic rings. The molecule has 0 spiro atoms. The van der Waals surface area contributed by atoms with E-state index in [9.17, 15) is 9.90 Å². The number of aliphatic hydroxyl groups excluding tert-OH is 1. The average molecular weight is 291 g/mol. The number of likely N-dealkylation sites (tertiary alicyclic amines) is 1. The number of rotatable bonds is 6. The van der Waals surface area contributed by atoms with Crippen molar-refractivity contribution in [2.45, 2.75) is 32.8 Å². The third-order valence-corrected chi connectivity index (χ3v) is 4.17. The SMILES string of the molecule is CCOc1ccc(C(=O)CN2CCC(C(C)O)CC2)cc1. The third-order valence-electron chi connectivity index (χ3n) is 4.17. The molecule has 4 heteroatoms. The van der Waals surface area contributed by atoms with Crippen molar-refractivity contribution >= 4 is 5.78 Å². The Morgan fingerprint density at radius 2 is 1.95 bits per heavy atom. The van der Waals surface area contributed by atoms with Gasteiger partial charge < -0.3 is 9.84 Å². The number of hydrogen-bond donors (Lipinski definition) is 1. The highest BCUT2D eigenvalue weighted by Gasteiger charge is 2.23. The van der Waals surface area contributed by atoms with E-state index in [0.717, 1.165) is 37.2 Å². The molecule has 0 amide bonds. The summed E-state index contributed by atoms with van der Waals surface area (Å²) in [4.78, 5) is 14.4. The van der Waals surface area contributed by atoms with Gasteiger partial charge in [0.15, 0.2) is 5.78 Å². The number of benzene rings is 1. The highest BCUT2D eigenvalue weighted by molar-refractivity contribution is 5.97. The van der Waals surface area contributed by atoms with Gasteiger partial charge >= 0.3 is 0 Å². The van der Waals surface area contributed by atoms with E-state index in [0.29, 0.717) is 19.1 Å². The van der Waals surface area contributed by atoms with Crippen molar-refractivity contribution < 1.29 is 14.6 Å². The van der Waals surface area contributed by atoms with Gasteiger partial charge in [-0.25, -0.2) is 0 Å². The van der Waals surface area contributed by atoms with Crippen molar-refractivity contribution in [3.63, 3.8) is 0 Å². The topological polar surface area (TPSA) is 49.8 Å². The summed E-state index contributed by atoms with van der Waals surface area (Å²) in [5.74, 6) is 1.32. The summed E-state index contributed by atoms with van der Waals surface area (Å²) in [7, 11) is 0. The fraction of sp³-hybridized carbons (Fsp3) is 0.588. The summed E-state index contributed by atoms with van der Waals surface area (Å²) < 4.78 is 5.38. The van der Waals surface area contributed by atoms with Gasteiger partial charge in [-0.05, 0) is 70.0 Å². The first-order chi connectivity index (χ1) is 10.1. The van der Waals surface area contributed by atoms with E-state index >= 15 is 0 Å². The smallest absolute Gasteiger partial charge is 0.176 e. The standard InChI is InChI=1S/C17H25NO3/c1-3-21-16-6-4-15(5-7-16)17(20)12-18-10-8-14(9-11-18)13(2)19/h4-7,13-14,19H,3,8-12H2,1-2H3. The fourth-order valence-corrected chi connectivity index (χ4v) is 2.79. The van der Waals surface area contributed by atoms with Gasteiger partial charge in [0, 0.05) is 5.56 Å². The Kier molecular flexibility index (Phi) is 5.76. The first kappa shape index (κ1) is 16.0. The Bertz CT molecular complexity index is 448. The van der Waals surface area contributed by atoms with E-state index in [1.54, 1.807) is 0 Å². The molecule has 1 saturated heterocycles. The van der Waals surface area contributed by atoms with Crippen LogP contribution in [0.3, 0.4) is 0 Å². The van der Waals surface area contributed by atoms with E-state index in [1.807, 2.05) is 38.1 Å². The van der Waals surface area contributed by atoms with E-state index in [2.05, 4.69) is 4.90 Å². The molecule has 0 aromatic heterocycles. The number of nitrogens with zero attached hydrogens (tertiary/aromatic N) is 1. The molecule has 1 unspecified atom stereocenters. The van der Waals surface area contributed by atoms with E-state index in [-0.39, 0.29) is 11.9 Å². The Labute approximate surface area is 126 Å². The summed E-state index contributed by atoms with van der Waals surface area (Å²) >= 11 is 0. The van der Waals surface area contributed by atoms with E-state index in [1.165, 1.54) is 0 Å². The molecule has 1 aliphatic rings. The lowest BCUT2D eigenvalue weighted by Gasteiger charge is -2.32. The van der Waals surface area contributed by atoms with Crippen LogP contribution >= 0.6 is 0 Å². The summed E-state index contributed by atoms with van der Waals surface area (Å²) in [6, 6.07) is 7.35. The molecule has 0 aliphatic carbocycles. The molecule has 0 radical (unpaired) electrons. The van der Waals surface area contributed by atoms with Crippen molar-refractivity contribution in [2.75, 3.05) is 26.2 Å². The molecule has 0 bridgehead atoms. The molecule has 1 atom stereocenters. The van der Waals surface area contributed by atoms with Crippen molar-refractivity contribution in [3.05, 3.63) is 29.8 Å². The second kappa shape index (κ2) is 7.57. The van der Waals surface area contributed by atoms with Gasteiger partial charge in [-0.15, -0.1) is 0 Å². The van der Waals surface area contributed by atoms with Gasteiger partial charge in [-0.1, -0.05) is 0 Å². The Balaban J connectivity index is 1.84. The van der Waals surface area contributed by atoms with Crippen molar-refractivity contribution in [1.82, 2.24) is 4.90 Å². The van der Waals surface area contributed by atoms with Crippen LogP contribution in [0.25, 0.3) is 0 Å². The molecule has 1 fully saturated rings. The number of piperidine rings is 1. The fourth-order valence-electron chi connectivity index (χ4n) is 2.79. The van der Waals surface area contributed by atoms with Crippen LogP contribution in [-0.4, -0.2) is 48.1 Å². The summed E-state index contributed by atoms with van der Waals surface area (Å²) in [6.07, 6.45) is 1.69. The number of ether oxygens (including phenoxy) is 1. The number of carbonyl (C=O) groups excluding carboxylic acids is 1. The monoisotopic (exact) mass is 291 g/mol. The van der Waals surface area contributed by atoms with Crippen LogP contribution in [0.15, 0.2) is 24.3 Å². The average Bonchev–Trinajstić information content (AvgIpc) is 2.49. The largest absolute Gasteiger partial charge is 0.494 e. The number of Topliss-reactive ketones (excluding diaryl/α,β-unsaturated/α-hetero) is 1. The Morgan fingerprint density at radius 1 is 1.33 bits per heavy atom. The molecule has 1 aliphatic heterocycles. The van der Waals surface area contributed by atoms with E-state index < -0.39 is 0 Å². The summed E-state index contributed by atoms with van der Waals surface area (Å²) in [6.45, 7) is 6.66. The minimum absolute atomic E-state index is 0.147. The van der Waals surface area contributed by atoms with Gasteiger partial charge in [0.1, 0.15) is 5.75 Å². The quantitative estimate of drug-likeness (QED) is 0.818. The predicted octanol–water partition coefficient (Wildman–Crippen LogP) is 2.36. The second-order valence-corrected chi connectivity index (χ2v) is 5.73. The van der Waals surface area contributed by atoms with Crippen LogP contribution < -0.4 is 4.74 Å². The maximum absolute atomic E-state index is 12.3. The van der Waals surface area contributed by atoms with Gasteiger partial charge in [-0.2, -0.15) is 0 Å². The lowest BCUT2D eigenvalue weighted by molar-refractivity contribution is 0.0664. The predicted molar refractivity (Wildman–Crippen MR) is 82.8 cm³/mol. The van der Waals surface area contributed by atoms with Crippen LogP contribution in [0.4, 0.5) is 0 Å². The Morgan fingerprint density at radius 3 is 2.48 bits per heavy atom. The Hall–Kier alpha value is -1.39. The molecular formula is C17H25NO3. The molecule has 0 saturated carbocycles. The molecule has 4 nitrogen and oxygen atoms in total. The first-order valence-corrected chi connectivity index (χ1v) is 7.76. The summed E-state index contributed by atoms with van der Waals surface area (Å²) in [5, 5.41) is 9.60. The van der Waals surface area contributed by atoms with Crippen molar-refractivity contribution in [1.29, 1.82) is 0 Å². The van der Waals surface area contributed by atoms with Gasteiger partial charge in [-0.3, -0.25) is 9.69 Å². The highest BCUT2D eigenvalue weighted by Crippen LogP contribution is 2.21. The molecule has 116 valence electrons. The lowest BCUT2D eigenvalue weighted by Crippen LogP contribution is -2.39. The number of carbonyl (C=O) groups is 1. The number of ketones is 1. The lowest BCUT2D eigenvalue weighted by atomic mass is 9.92. The van der Waals surface area contributed by atoms with Crippen LogP contribution in [0.1, 0.15) is 37.0 Å². The number of aliphatic hydroxyl groups is 1. The molecular weight excluding hydrogens is 266 g/mol. The second-order valence-electron chi connectivity index (χ2n) is 5.73. The van der Waals surface area contributed by atoms with Crippen LogP contribution in [0, 0.1) is 5.92 Å².